The molecule has 1 heterocycles. The number of benzene rings is 3. The number of hydrogen-bond acceptors (Lipinski definition) is 10. The monoisotopic (exact) mass is 533 g/mol. The fourth-order valence-corrected chi connectivity index (χ4v) is 3.93. The number of methoxy groups -OCH3 is 2. The van der Waals surface area contributed by atoms with Crippen molar-refractivity contribution in [2.24, 2.45) is 5.10 Å². The number of ether oxygens (including phenoxy) is 3. The zero-order valence-corrected chi connectivity index (χ0v) is 21.6. The Hall–Kier alpha value is -4.71. The van der Waals surface area contributed by atoms with Crippen LogP contribution in [0.5, 0.6) is 17.2 Å². The van der Waals surface area contributed by atoms with Gasteiger partial charge in [0.15, 0.2) is 0 Å². The van der Waals surface area contributed by atoms with E-state index in [-0.39, 0.29) is 17.6 Å². The van der Waals surface area contributed by atoms with Crippen molar-refractivity contribution in [1.29, 1.82) is 0 Å². The van der Waals surface area contributed by atoms with Crippen LogP contribution in [0.3, 0.4) is 0 Å². The quantitative estimate of drug-likeness (QED) is 0.108. The number of anilines is 2. The molecule has 1 amide bonds. The summed E-state index contributed by atoms with van der Waals surface area (Å²) in [4.78, 5) is 12.4. The van der Waals surface area contributed by atoms with Crippen molar-refractivity contribution >= 4 is 35.5 Å². The SMILES string of the molecule is COc1cc(NC(=O)CSc2nnc(N/N=C/c3ccccc3OCc3ccccc3)n2N)cc(OC)c1. The number of nitrogens with one attached hydrogen (secondary N) is 2. The van der Waals surface area contributed by atoms with Crippen molar-refractivity contribution in [3.05, 3.63) is 83.9 Å². The van der Waals surface area contributed by atoms with Crippen LogP contribution in [0.25, 0.3) is 0 Å². The van der Waals surface area contributed by atoms with Crippen LogP contribution < -0.4 is 30.8 Å². The van der Waals surface area contributed by atoms with E-state index < -0.39 is 0 Å². The lowest BCUT2D eigenvalue weighted by Crippen LogP contribution is -2.17. The molecule has 4 rings (SSSR count). The highest BCUT2D eigenvalue weighted by Gasteiger charge is 2.13. The molecular formula is C26H27N7O4S. The molecule has 0 aliphatic heterocycles. The van der Waals surface area contributed by atoms with E-state index >= 15 is 0 Å². The Morgan fingerprint density at radius 1 is 1.03 bits per heavy atom. The lowest BCUT2D eigenvalue weighted by atomic mass is 10.2. The van der Waals surface area contributed by atoms with Crippen molar-refractivity contribution in [1.82, 2.24) is 14.9 Å². The molecule has 3 aromatic carbocycles. The van der Waals surface area contributed by atoms with E-state index in [0.717, 1.165) is 22.9 Å². The highest BCUT2D eigenvalue weighted by molar-refractivity contribution is 7.99. The third-order valence-corrected chi connectivity index (χ3v) is 6.10. The maximum atomic E-state index is 12.4. The van der Waals surface area contributed by atoms with Gasteiger partial charge in [0, 0.05) is 29.4 Å². The van der Waals surface area contributed by atoms with Crippen molar-refractivity contribution in [2.45, 2.75) is 11.8 Å². The Morgan fingerprint density at radius 3 is 2.47 bits per heavy atom. The number of hydrogen-bond donors (Lipinski definition) is 3. The molecule has 1 aromatic heterocycles. The zero-order valence-electron chi connectivity index (χ0n) is 20.8. The largest absolute Gasteiger partial charge is 0.497 e. The topological polar surface area (TPSA) is 138 Å². The van der Waals surface area contributed by atoms with Gasteiger partial charge in [-0.2, -0.15) is 5.10 Å². The lowest BCUT2D eigenvalue weighted by Gasteiger charge is -2.09. The number of thioether (sulfide) groups is 1. The van der Waals surface area contributed by atoms with Gasteiger partial charge in [-0.15, -0.1) is 10.2 Å². The molecule has 0 radical (unpaired) electrons. The van der Waals surface area contributed by atoms with Crippen LogP contribution >= 0.6 is 11.8 Å². The van der Waals surface area contributed by atoms with Crippen LogP contribution in [0.4, 0.5) is 11.6 Å². The number of nitrogen functional groups attached to an aromatic ring is 1. The van der Waals surface area contributed by atoms with E-state index in [9.17, 15) is 4.79 Å². The normalized spacial score (nSPS) is 10.8. The molecule has 38 heavy (non-hydrogen) atoms. The first-order valence-corrected chi connectivity index (χ1v) is 12.5. The molecule has 0 aliphatic carbocycles. The highest BCUT2D eigenvalue weighted by Crippen LogP contribution is 2.26. The first-order chi connectivity index (χ1) is 18.6. The van der Waals surface area contributed by atoms with E-state index in [2.05, 4.69) is 26.0 Å². The number of aromatic nitrogens is 3. The van der Waals surface area contributed by atoms with Gasteiger partial charge in [0.1, 0.15) is 23.9 Å². The van der Waals surface area contributed by atoms with E-state index in [1.807, 2.05) is 54.6 Å². The van der Waals surface area contributed by atoms with Gasteiger partial charge in [0.25, 0.3) is 5.95 Å². The summed E-state index contributed by atoms with van der Waals surface area (Å²) in [5, 5.41) is 15.4. The minimum absolute atomic E-state index is 0.0598. The van der Waals surface area contributed by atoms with Crippen molar-refractivity contribution in [3.8, 4) is 17.2 Å². The first kappa shape index (κ1) is 26.4. The Balaban J connectivity index is 1.31. The van der Waals surface area contributed by atoms with E-state index in [0.29, 0.717) is 34.7 Å². The lowest BCUT2D eigenvalue weighted by molar-refractivity contribution is -0.113. The van der Waals surface area contributed by atoms with Gasteiger partial charge in [-0.1, -0.05) is 54.2 Å². The molecule has 12 heteroatoms. The predicted octanol–water partition coefficient (Wildman–Crippen LogP) is 3.76. The van der Waals surface area contributed by atoms with Crippen molar-refractivity contribution < 1.29 is 19.0 Å². The summed E-state index contributed by atoms with van der Waals surface area (Å²) in [5.74, 6) is 7.92. The number of hydrazone groups is 1. The van der Waals surface area contributed by atoms with Crippen LogP contribution in [0, 0.1) is 0 Å². The summed E-state index contributed by atoms with van der Waals surface area (Å²) in [6, 6.07) is 22.6. The summed E-state index contributed by atoms with van der Waals surface area (Å²) >= 11 is 1.13. The van der Waals surface area contributed by atoms with Crippen LogP contribution in [-0.4, -0.2) is 47.0 Å². The zero-order chi connectivity index (χ0) is 26.7. The van der Waals surface area contributed by atoms with Gasteiger partial charge in [-0.3, -0.25) is 4.79 Å². The minimum atomic E-state index is -0.257. The smallest absolute Gasteiger partial charge is 0.264 e. The Kier molecular flexibility index (Phi) is 9.03. The molecule has 0 saturated carbocycles. The number of rotatable bonds is 12. The summed E-state index contributed by atoms with van der Waals surface area (Å²) in [7, 11) is 3.08. The Morgan fingerprint density at radius 2 is 1.74 bits per heavy atom. The summed E-state index contributed by atoms with van der Waals surface area (Å²) in [6.45, 7) is 0.440. The fraction of sp³-hybridized carbons (Fsp3) is 0.154. The molecule has 0 unspecified atom stereocenters. The first-order valence-electron chi connectivity index (χ1n) is 11.5. The maximum Gasteiger partial charge on any atom is 0.264 e. The maximum absolute atomic E-state index is 12.4. The average molecular weight is 534 g/mol. The summed E-state index contributed by atoms with van der Waals surface area (Å²) in [5.41, 5.74) is 5.16. The van der Waals surface area contributed by atoms with Gasteiger partial charge in [0.05, 0.1) is 26.2 Å². The molecular weight excluding hydrogens is 506 g/mol. The predicted molar refractivity (Wildman–Crippen MR) is 148 cm³/mol. The Bertz CT molecular complexity index is 1370. The molecule has 4 aromatic rings. The molecule has 0 atom stereocenters. The second-order valence-electron chi connectivity index (χ2n) is 7.80. The highest BCUT2D eigenvalue weighted by atomic mass is 32.2. The molecule has 11 nitrogen and oxygen atoms in total. The molecule has 0 fully saturated rings. The van der Waals surface area contributed by atoms with Crippen LogP contribution in [0.2, 0.25) is 0 Å². The van der Waals surface area contributed by atoms with Gasteiger partial charge >= 0.3 is 0 Å². The third kappa shape index (κ3) is 7.17. The van der Waals surface area contributed by atoms with Gasteiger partial charge in [-0.05, 0) is 17.7 Å². The number of carbonyl (C=O) groups excluding carboxylic acids is 1. The van der Waals surface area contributed by atoms with Gasteiger partial charge < -0.3 is 25.4 Å². The number of amides is 1. The standard InChI is InChI=1S/C26H27N7O4S/c1-35-21-12-20(13-22(14-21)36-2)29-24(34)17-38-26-32-31-25(33(26)27)30-28-15-19-10-6-7-11-23(19)37-16-18-8-4-3-5-9-18/h3-15H,16-17,27H2,1-2H3,(H,29,34)(H,30,31)/b28-15+. The van der Waals surface area contributed by atoms with Gasteiger partial charge in [-0.25, -0.2) is 10.1 Å². The number of carbonyl (C=O) groups is 1. The van der Waals surface area contributed by atoms with E-state index in [4.69, 9.17) is 20.1 Å². The fourth-order valence-electron chi connectivity index (χ4n) is 3.27. The van der Waals surface area contributed by atoms with Crippen LogP contribution in [0.15, 0.2) is 83.1 Å². The molecule has 0 saturated heterocycles. The average Bonchev–Trinajstić information content (AvgIpc) is 3.30. The Labute approximate surface area is 224 Å². The van der Waals surface area contributed by atoms with Crippen LogP contribution in [0.1, 0.15) is 11.1 Å². The third-order valence-electron chi connectivity index (χ3n) is 5.16. The van der Waals surface area contributed by atoms with E-state index in [1.165, 1.54) is 4.68 Å². The van der Waals surface area contributed by atoms with E-state index in [1.54, 1.807) is 38.6 Å². The van der Waals surface area contributed by atoms with Crippen molar-refractivity contribution in [3.63, 3.8) is 0 Å². The molecule has 196 valence electrons. The molecule has 0 spiro atoms. The van der Waals surface area contributed by atoms with Gasteiger partial charge in [0.2, 0.25) is 11.1 Å². The second-order valence-corrected chi connectivity index (χ2v) is 8.74. The summed E-state index contributed by atoms with van der Waals surface area (Å²) < 4.78 is 17.6. The molecule has 0 bridgehead atoms. The molecule has 0 aliphatic rings. The number of nitrogens with two attached hydrogens (primary N) is 1. The number of nitrogens with zero attached hydrogens (tertiary/aromatic N) is 4. The second kappa shape index (κ2) is 13.0. The molecule has 4 N–H and O–H groups in total. The number of para-hydroxylation sites is 1. The van der Waals surface area contributed by atoms with Crippen molar-refractivity contribution in [2.75, 3.05) is 36.6 Å². The summed E-state index contributed by atoms with van der Waals surface area (Å²) in [6.07, 6.45) is 1.61. The minimum Gasteiger partial charge on any atom is -0.497 e. The van der Waals surface area contributed by atoms with Crippen LogP contribution in [-0.2, 0) is 11.4 Å².